The molecule has 5 heteroatoms. The standard InChI is InChI=1S/C34H38N2O3/c1-21-7-8-27(19-22(21)2)25-9-11-26(12-10-25)33-35-24(4)32(36(33)5)17-18-39-29-14-16-31-28(20-29)13-15-30(31)23(3)34(37)38-6/h7-12,14,16,19-20,23,30H,13,15,17-18H2,1-6H3/t23-,30-/m0/s1. The smallest absolute Gasteiger partial charge is 0.308 e. The van der Waals surface area contributed by atoms with Crippen molar-refractivity contribution >= 4 is 5.97 Å². The summed E-state index contributed by atoms with van der Waals surface area (Å²) in [6.07, 6.45) is 2.71. The molecule has 0 radical (unpaired) electrons. The molecule has 0 aliphatic heterocycles. The summed E-state index contributed by atoms with van der Waals surface area (Å²) in [6, 6.07) is 21.6. The first kappa shape index (κ1) is 26.7. The van der Waals surface area contributed by atoms with Crippen molar-refractivity contribution < 1.29 is 14.3 Å². The van der Waals surface area contributed by atoms with Crippen LogP contribution in [-0.2, 0) is 29.4 Å². The van der Waals surface area contributed by atoms with E-state index in [9.17, 15) is 4.79 Å². The average molecular weight is 523 g/mol. The van der Waals surface area contributed by atoms with Crippen LogP contribution in [0.5, 0.6) is 5.75 Å². The molecule has 202 valence electrons. The molecule has 0 amide bonds. The lowest BCUT2D eigenvalue weighted by Gasteiger charge is -2.18. The van der Waals surface area contributed by atoms with Crippen LogP contribution in [0.3, 0.4) is 0 Å². The molecule has 2 atom stereocenters. The van der Waals surface area contributed by atoms with E-state index in [0.717, 1.165) is 42.1 Å². The van der Waals surface area contributed by atoms with E-state index in [0.29, 0.717) is 6.61 Å². The summed E-state index contributed by atoms with van der Waals surface area (Å²) in [5, 5.41) is 0. The van der Waals surface area contributed by atoms with Crippen LogP contribution in [0.1, 0.15) is 52.9 Å². The van der Waals surface area contributed by atoms with E-state index in [2.05, 4.69) is 87.0 Å². The van der Waals surface area contributed by atoms with E-state index in [-0.39, 0.29) is 17.8 Å². The van der Waals surface area contributed by atoms with Crippen molar-refractivity contribution in [2.24, 2.45) is 13.0 Å². The SMILES string of the molecule is COC(=O)[C@@H](C)[C@@H]1CCc2cc(OCCc3c(C)nc(-c4ccc(-c5ccc(C)c(C)c5)cc4)n3C)ccc21. The fourth-order valence-corrected chi connectivity index (χ4v) is 5.86. The number of hydrogen-bond acceptors (Lipinski definition) is 4. The van der Waals surface area contributed by atoms with Gasteiger partial charge in [-0.25, -0.2) is 4.98 Å². The van der Waals surface area contributed by atoms with Crippen LogP contribution in [0.25, 0.3) is 22.5 Å². The summed E-state index contributed by atoms with van der Waals surface area (Å²) in [5.41, 5.74) is 10.9. The zero-order valence-electron chi connectivity index (χ0n) is 23.9. The minimum Gasteiger partial charge on any atom is -0.493 e. The van der Waals surface area contributed by atoms with Gasteiger partial charge in [0.05, 0.1) is 25.3 Å². The second-order valence-electron chi connectivity index (χ2n) is 10.8. The van der Waals surface area contributed by atoms with Crippen LogP contribution in [0.2, 0.25) is 0 Å². The lowest BCUT2D eigenvalue weighted by molar-refractivity contribution is -0.145. The zero-order chi connectivity index (χ0) is 27.7. The van der Waals surface area contributed by atoms with Crippen molar-refractivity contribution in [2.45, 2.75) is 52.9 Å². The van der Waals surface area contributed by atoms with E-state index in [1.54, 1.807) is 0 Å². The second-order valence-corrected chi connectivity index (χ2v) is 10.8. The molecule has 5 rings (SSSR count). The number of fused-ring (bicyclic) bond motifs is 1. The summed E-state index contributed by atoms with van der Waals surface area (Å²) in [4.78, 5) is 16.9. The maximum Gasteiger partial charge on any atom is 0.308 e. The molecule has 0 saturated heterocycles. The van der Waals surface area contributed by atoms with Gasteiger partial charge in [-0.3, -0.25) is 4.79 Å². The number of aryl methyl sites for hydroxylation is 4. The topological polar surface area (TPSA) is 53.4 Å². The molecule has 1 aliphatic rings. The van der Waals surface area contributed by atoms with Gasteiger partial charge in [0, 0.05) is 24.7 Å². The number of benzene rings is 3. The lowest BCUT2D eigenvalue weighted by Crippen LogP contribution is -2.19. The Bertz CT molecular complexity index is 1500. The molecule has 1 aliphatic carbocycles. The molecule has 39 heavy (non-hydrogen) atoms. The molecule has 0 N–H and O–H groups in total. The third-order valence-electron chi connectivity index (χ3n) is 8.42. The van der Waals surface area contributed by atoms with Gasteiger partial charge in [-0.05, 0) is 85.0 Å². The first-order valence-electron chi connectivity index (χ1n) is 13.8. The van der Waals surface area contributed by atoms with Gasteiger partial charge in [-0.2, -0.15) is 0 Å². The number of rotatable bonds is 8. The maximum absolute atomic E-state index is 12.0. The minimum absolute atomic E-state index is 0.131. The fourth-order valence-electron chi connectivity index (χ4n) is 5.86. The summed E-state index contributed by atoms with van der Waals surface area (Å²) in [5.74, 6) is 1.79. The fraction of sp³-hybridized carbons (Fsp3) is 0.353. The van der Waals surface area contributed by atoms with Crippen molar-refractivity contribution in [1.29, 1.82) is 0 Å². The second kappa shape index (κ2) is 11.1. The first-order valence-corrected chi connectivity index (χ1v) is 13.8. The van der Waals surface area contributed by atoms with E-state index < -0.39 is 0 Å². The van der Waals surface area contributed by atoms with Gasteiger partial charge < -0.3 is 14.0 Å². The van der Waals surface area contributed by atoms with Crippen LogP contribution in [-0.4, -0.2) is 29.2 Å². The van der Waals surface area contributed by atoms with Crippen molar-refractivity contribution in [3.05, 3.63) is 94.3 Å². The molecule has 0 saturated carbocycles. The van der Waals surface area contributed by atoms with Crippen LogP contribution in [0, 0.1) is 26.7 Å². The van der Waals surface area contributed by atoms with Crippen molar-refractivity contribution in [3.63, 3.8) is 0 Å². The average Bonchev–Trinajstić information content (AvgIpc) is 3.49. The Morgan fingerprint density at radius 2 is 1.69 bits per heavy atom. The monoisotopic (exact) mass is 522 g/mol. The first-order chi connectivity index (χ1) is 18.8. The number of aromatic nitrogens is 2. The Morgan fingerprint density at radius 1 is 0.974 bits per heavy atom. The summed E-state index contributed by atoms with van der Waals surface area (Å²) < 4.78 is 13.3. The van der Waals surface area contributed by atoms with E-state index in [1.165, 1.54) is 46.2 Å². The number of methoxy groups -OCH3 is 1. The number of ether oxygens (including phenoxy) is 2. The van der Waals surface area contributed by atoms with Crippen LogP contribution < -0.4 is 4.74 Å². The molecule has 0 spiro atoms. The van der Waals surface area contributed by atoms with Crippen molar-refractivity contribution in [3.8, 4) is 28.3 Å². The van der Waals surface area contributed by atoms with Crippen molar-refractivity contribution in [1.82, 2.24) is 9.55 Å². The molecule has 1 aromatic heterocycles. The Morgan fingerprint density at radius 3 is 2.41 bits per heavy atom. The molecule has 0 fully saturated rings. The summed E-state index contributed by atoms with van der Waals surface area (Å²) in [6.45, 7) is 8.90. The third-order valence-corrected chi connectivity index (χ3v) is 8.42. The van der Waals surface area contributed by atoms with Crippen molar-refractivity contribution in [2.75, 3.05) is 13.7 Å². The van der Waals surface area contributed by atoms with Gasteiger partial charge in [-0.1, -0.05) is 55.5 Å². The largest absolute Gasteiger partial charge is 0.493 e. The highest BCUT2D eigenvalue weighted by Crippen LogP contribution is 2.40. The number of carbonyl (C=O) groups is 1. The van der Waals surface area contributed by atoms with E-state index >= 15 is 0 Å². The Labute approximate surface area is 231 Å². The molecular weight excluding hydrogens is 484 g/mol. The minimum atomic E-state index is -0.142. The number of esters is 1. The van der Waals surface area contributed by atoms with E-state index in [1.807, 2.05) is 13.0 Å². The highest BCUT2D eigenvalue weighted by atomic mass is 16.5. The normalized spacial score (nSPS) is 15.2. The van der Waals surface area contributed by atoms with Crippen LogP contribution >= 0.6 is 0 Å². The highest BCUT2D eigenvalue weighted by Gasteiger charge is 2.32. The molecule has 1 heterocycles. The number of nitrogens with zero attached hydrogens (tertiary/aromatic N) is 2. The summed E-state index contributed by atoms with van der Waals surface area (Å²) >= 11 is 0. The highest BCUT2D eigenvalue weighted by molar-refractivity contribution is 5.73. The van der Waals surface area contributed by atoms with E-state index in [4.69, 9.17) is 14.5 Å². The van der Waals surface area contributed by atoms with Gasteiger partial charge >= 0.3 is 5.97 Å². The van der Waals surface area contributed by atoms with Gasteiger partial charge in [0.2, 0.25) is 0 Å². The Hall–Kier alpha value is -3.86. The predicted molar refractivity (Wildman–Crippen MR) is 156 cm³/mol. The Kier molecular flexibility index (Phi) is 7.60. The predicted octanol–water partition coefficient (Wildman–Crippen LogP) is 7.14. The van der Waals surface area contributed by atoms with Gasteiger partial charge in [0.1, 0.15) is 11.6 Å². The molecular formula is C34H38N2O3. The molecule has 0 unspecified atom stereocenters. The molecule has 0 bridgehead atoms. The lowest BCUT2D eigenvalue weighted by atomic mass is 9.89. The van der Waals surface area contributed by atoms with Crippen LogP contribution in [0.15, 0.2) is 60.7 Å². The van der Waals surface area contributed by atoms with Gasteiger partial charge in [-0.15, -0.1) is 0 Å². The zero-order valence-corrected chi connectivity index (χ0v) is 23.9. The Balaban J connectivity index is 1.24. The molecule has 3 aromatic carbocycles. The third kappa shape index (κ3) is 5.36. The van der Waals surface area contributed by atoms with Gasteiger partial charge in [0.15, 0.2) is 0 Å². The molecule has 4 aromatic rings. The summed E-state index contributed by atoms with van der Waals surface area (Å²) in [7, 11) is 3.54. The van der Waals surface area contributed by atoms with Crippen LogP contribution in [0.4, 0.5) is 0 Å². The quantitative estimate of drug-likeness (QED) is 0.231. The number of carbonyl (C=O) groups excluding carboxylic acids is 1. The maximum atomic E-state index is 12.0. The van der Waals surface area contributed by atoms with Gasteiger partial charge in [0.25, 0.3) is 0 Å². The molecule has 5 nitrogen and oxygen atoms in total. The number of hydrogen-bond donors (Lipinski definition) is 0. The number of imidazole rings is 1.